The van der Waals surface area contributed by atoms with Crippen molar-refractivity contribution in [3.63, 3.8) is 0 Å². The van der Waals surface area contributed by atoms with Crippen molar-refractivity contribution in [3.05, 3.63) is 0 Å². The number of hydrogen-bond donors (Lipinski definition) is 1. The number of carbonyl (C=O) groups is 3. The topological polar surface area (TPSA) is 71.4 Å². The molecule has 0 saturated carbocycles. The predicted octanol–water partition coefficient (Wildman–Crippen LogP) is 17.8. The van der Waals surface area contributed by atoms with Gasteiger partial charge in [0.05, 0.1) is 0 Å². The summed E-state index contributed by atoms with van der Waals surface area (Å²) in [5.74, 6) is -1.81. The minimum absolute atomic E-state index is 0.189. The molecule has 56 heavy (non-hydrogen) atoms. The molecule has 0 aliphatic heterocycles. The van der Waals surface area contributed by atoms with E-state index in [0.29, 0.717) is 19.3 Å². The Morgan fingerprint density at radius 2 is 0.464 bits per heavy atom. The first-order valence-corrected chi connectivity index (χ1v) is 25.8. The lowest BCUT2D eigenvalue weighted by Gasteiger charge is -2.27. The van der Waals surface area contributed by atoms with Gasteiger partial charge in [-0.2, -0.15) is 0 Å². The minimum Gasteiger partial charge on any atom is -0.480 e. The third-order valence-corrected chi connectivity index (χ3v) is 12.7. The number of Topliss-reactive ketones (excluding diaryl/α,β-unsaturated/α-hetero) is 2. The Labute approximate surface area is 351 Å². The van der Waals surface area contributed by atoms with E-state index in [1.54, 1.807) is 0 Å². The van der Waals surface area contributed by atoms with Crippen LogP contribution in [-0.4, -0.2) is 22.6 Å². The molecule has 4 nitrogen and oxygen atoms in total. The summed E-state index contributed by atoms with van der Waals surface area (Å²) in [7, 11) is 0. The largest absolute Gasteiger partial charge is 0.480 e. The molecule has 0 amide bonds. The fourth-order valence-corrected chi connectivity index (χ4v) is 8.75. The number of aliphatic carboxylic acids is 1. The predicted molar refractivity (Wildman–Crippen MR) is 245 cm³/mol. The van der Waals surface area contributed by atoms with Gasteiger partial charge < -0.3 is 5.11 Å². The highest BCUT2D eigenvalue weighted by atomic mass is 16.4. The highest BCUT2D eigenvalue weighted by Crippen LogP contribution is 2.33. The molecule has 0 atom stereocenters. The molecule has 0 aromatic rings. The van der Waals surface area contributed by atoms with Crippen molar-refractivity contribution < 1.29 is 19.5 Å². The van der Waals surface area contributed by atoms with Crippen molar-refractivity contribution >= 4 is 17.5 Å². The molecule has 0 aliphatic carbocycles. The molecule has 0 bridgehead atoms. The number of unbranched alkanes of at least 4 members (excludes halogenated alkanes) is 39. The van der Waals surface area contributed by atoms with E-state index in [1.807, 2.05) is 0 Å². The van der Waals surface area contributed by atoms with E-state index >= 15 is 0 Å². The molecule has 0 fully saturated rings. The second kappa shape index (κ2) is 43.4. The third-order valence-electron chi connectivity index (χ3n) is 12.7. The quantitative estimate of drug-likeness (QED) is 0.0492. The van der Waals surface area contributed by atoms with Gasteiger partial charge >= 0.3 is 5.97 Å². The number of rotatable bonds is 48. The van der Waals surface area contributed by atoms with Crippen LogP contribution in [0.4, 0.5) is 0 Å². The van der Waals surface area contributed by atoms with Gasteiger partial charge in [0.15, 0.2) is 17.0 Å². The highest BCUT2D eigenvalue weighted by Gasteiger charge is 2.50. The number of carbonyl (C=O) groups excluding carboxylic acids is 2. The van der Waals surface area contributed by atoms with E-state index < -0.39 is 11.4 Å². The maximum Gasteiger partial charge on any atom is 0.324 e. The molecular weight excluding hydrogens is 689 g/mol. The van der Waals surface area contributed by atoms with Crippen molar-refractivity contribution in [1.82, 2.24) is 0 Å². The Bertz CT molecular complexity index is 804. The van der Waals surface area contributed by atoms with Crippen molar-refractivity contribution in [2.75, 3.05) is 0 Å². The van der Waals surface area contributed by atoms with Gasteiger partial charge in [0.25, 0.3) is 0 Å². The van der Waals surface area contributed by atoms with E-state index in [0.717, 1.165) is 44.9 Å². The van der Waals surface area contributed by atoms with Gasteiger partial charge in [0, 0.05) is 12.8 Å². The summed E-state index contributed by atoms with van der Waals surface area (Å²) in [6.07, 6.45) is 52.6. The maximum atomic E-state index is 13.8. The summed E-state index contributed by atoms with van der Waals surface area (Å²) >= 11 is 0. The molecule has 0 aromatic heterocycles. The van der Waals surface area contributed by atoms with Crippen molar-refractivity contribution in [3.8, 4) is 0 Å². The van der Waals surface area contributed by atoms with Crippen LogP contribution in [0.25, 0.3) is 0 Å². The highest BCUT2D eigenvalue weighted by molar-refractivity contribution is 6.21. The van der Waals surface area contributed by atoms with Crippen molar-refractivity contribution in [1.29, 1.82) is 0 Å². The minimum atomic E-state index is -1.83. The van der Waals surface area contributed by atoms with E-state index in [4.69, 9.17) is 0 Å². The molecular formula is C52H100O4. The standard InChI is InChI=1S/C52H100O4/c1-4-7-10-13-16-19-22-25-27-29-31-34-37-40-43-46-49(53)52(51(55)56,48-45-42-39-36-33-24-21-18-15-12-9-6-3)50(54)47-44-41-38-35-32-30-28-26-23-20-17-14-11-8-5-2/h4-48H2,1-3H3,(H,55,56). The zero-order valence-electron chi connectivity index (χ0n) is 38.5. The van der Waals surface area contributed by atoms with Crippen LogP contribution in [0.1, 0.15) is 310 Å². The molecule has 0 heterocycles. The van der Waals surface area contributed by atoms with Crippen LogP contribution in [-0.2, 0) is 14.4 Å². The van der Waals surface area contributed by atoms with Crippen LogP contribution >= 0.6 is 0 Å². The maximum absolute atomic E-state index is 13.8. The molecule has 0 unspecified atom stereocenters. The van der Waals surface area contributed by atoms with Gasteiger partial charge in [-0.05, 0) is 19.3 Å². The summed E-state index contributed by atoms with van der Waals surface area (Å²) < 4.78 is 0. The monoisotopic (exact) mass is 789 g/mol. The number of hydrogen-bond acceptors (Lipinski definition) is 3. The fraction of sp³-hybridized carbons (Fsp3) is 0.942. The summed E-state index contributed by atoms with van der Waals surface area (Å²) in [5.41, 5.74) is -1.83. The molecule has 0 saturated heterocycles. The Balaban J connectivity index is 4.60. The van der Waals surface area contributed by atoms with Crippen LogP contribution in [0.15, 0.2) is 0 Å². The van der Waals surface area contributed by atoms with Crippen molar-refractivity contribution in [2.24, 2.45) is 5.41 Å². The van der Waals surface area contributed by atoms with Crippen LogP contribution in [0.5, 0.6) is 0 Å². The van der Waals surface area contributed by atoms with Crippen molar-refractivity contribution in [2.45, 2.75) is 310 Å². The van der Waals surface area contributed by atoms with Crippen LogP contribution in [0.3, 0.4) is 0 Å². The Hall–Kier alpha value is -1.19. The molecule has 1 N–H and O–H groups in total. The third kappa shape index (κ3) is 32.7. The van der Waals surface area contributed by atoms with Gasteiger partial charge in [0.1, 0.15) is 0 Å². The first-order valence-electron chi connectivity index (χ1n) is 25.8. The molecule has 0 aliphatic rings. The number of carboxylic acid groups (broad SMARTS) is 1. The molecule has 0 aromatic carbocycles. The molecule has 0 rings (SSSR count). The van der Waals surface area contributed by atoms with Gasteiger partial charge in [-0.15, -0.1) is 0 Å². The lowest BCUT2D eigenvalue weighted by molar-refractivity contribution is -0.160. The second-order valence-electron chi connectivity index (χ2n) is 18.1. The molecule has 4 heteroatoms. The van der Waals surface area contributed by atoms with Gasteiger partial charge in [-0.1, -0.05) is 278 Å². The van der Waals surface area contributed by atoms with Gasteiger partial charge in [-0.3, -0.25) is 14.4 Å². The van der Waals surface area contributed by atoms with E-state index in [2.05, 4.69) is 20.8 Å². The average molecular weight is 789 g/mol. The SMILES string of the molecule is CCCCCCCCCCCCCCCCCC(=O)C(CCCCCCCCCCCCCC)(C(=O)O)C(=O)CCCCCCCCCCCCCCCCC. The molecule has 0 radical (unpaired) electrons. The lowest BCUT2D eigenvalue weighted by Crippen LogP contribution is -2.46. The lowest BCUT2D eigenvalue weighted by atomic mass is 9.72. The summed E-state index contributed by atoms with van der Waals surface area (Å²) in [6.45, 7) is 6.81. The van der Waals surface area contributed by atoms with E-state index in [-0.39, 0.29) is 30.8 Å². The zero-order chi connectivity index (χ0) is 41.1. The summed E-state index contributed by atoms with van der Waals surface area (Å²) in [4.78, 5) is 40.5. The van der Waals surface area contributed by atoms with Gasteiger partial charge in [-0.25, -0.2) is 0 Å². The first-order chi connectivity index (χ1) is 27.5. The number of carboxylic acids is 1. The van der Waals surface area contributed by atoms with Crippen LogP contribution < -0.4 is 0 Å². The Kier molecular flexibility index (Phi) is 42.5. The second-order valence-corrected chi connectivity index (χ2v) is 18.1. The van der Waals surface area contributed by atoms with E-state index in [9.17, 15) is 19.5 Å². The molecule has 332 valence electrons. The van der Waals surface area contributed by atoms with E-state index in [1.165, 1.54) is 205 Å². The Morgan fingerprint density at radius 3 is 0.661 bits per heavy atom. The zero-order valence-corrected chi connectivity index (χ0v) is 38.5. The fourth-order valence-electron chi connectivity index (χ4n) is 8.75. The average Bonchev–Trinajstić information content (AvgIpc) is 3.19. The van der Waals surface area contributed by atoms with Crippen LogP contribution in [0, 0.1) is 5.41 Å². The normalized spacial score (nSPS) is 11.8. The number of ketones is 2. The summed E-state index contributed by atoms with van der Waals surface area (Å²) in [5, 5.41) is 10.6. The summed E-state index contributed by atoms with van der Waals surface area (Å²) in [6, 6.07) is 0. The van der Waals surface area contributed by atoms with Gasteiger partial charge in [0.2, 0.25) is 0 Å². The van der Waals surface area contributed by atoms with Crippen LogP contribution in [0.2, 0.25) is 0 Å². The molecule has 0 spiro atoms. The Morgan fingerprint density at radius 1 is 0.286 bits per heavy atom. The smallest absolute Gasteiger partial charge is 0.324 e. The first kappa shape index (κ1) is 54.8.